The summed E-state index contributed by atoms with van der Waals surface area (Å²) in [5, 5.41) is 0. The third kappa shape index (κ3) is 3.34. The standard InChI is InChI=1S/C14H12BrF3N2O/c1-8-12(15)9(2)20(13(21)19-8)7-10-3-5-11(6-4-10)14(16,17)18/h3-6H,7H2,1-2H3. The molecule has 2 aromatic rings. The van der Waals surface area contributed by atoms with Crippen LogP contribution in [0.1, 0.15) is 22.5 Å². The van der Waals surface area contributed by atoms with E-state index in [1.54, 1.807) is 13.8 Å². The van der Waals surface area contributed by atoms with Gasteiger partial charge in [-0.2, -0.15) is 18.2 Å². The summed E-state index contributed by atoms with van der Waals surface area (Å²) in [7, 11) is 0. The Morgan fingerprint density at radius 1 is 1.19 bits per heavy atom. The zero-order chi connectivity index (χ0) is 15.8. The predicted molar refractivity (Wildman–Crippen MR) is 76.2 cm³/mol. The number of nitrogens with zero attached hydrogens (tertiary/aromatic N) is 2. The molecule has 1 heterocycles. The van der Waals surface area contributed by atoms with Gasteiger partial charge in [0.25, 0.3) is 0 Å². The Bertz CT molecular complexity index is 721. The fraction of sp³-hybridized carbons (Fsp3) is 0.286. The first-order chi connectivity index (χ1) is 9.70. The molecule has 0 saturated carbocycles. The maximum Gasteiger partial charge on any atom is 0.416 e. The van der Waals surface area contributed by atoms with Gasteiger partial charge < -0.3 is 0 Å². The van der Waals surface area contributed by atoms with Crippen LogP contribution in [0.2, 0.25) is 0 Å². The SMILES string of the molecule is Cc1nc(=O)n(Cc2ccc(C(F)(F)F)cc2)c(C)c1Br. The average molecular weight is 361 g/mol. The van der Waals surface area contributed by atoms with Crippen molar-refractivity contribution in [2.24, 2.45) is 0 Å². The van der Waals surface area contributed by atoms with E-state index < -0.39 is 17.4 Å². The Morgan fingerprint density at radius 3 is 2.29 bits per heavy atom. The van der Waals surface area contributed by atoms with Crippen LogP contribution in [0, 0.1) is 13.8 Å². The first-order valence-corrected chi connectivity index (χ1v) is 6.89. The van der Waals surface area contributed by atoms with Crippen molar-refractivity contribution >= 4 is 15.9 Å². The average Bonchev–Trinajstić information content (AvgIpc) is 2.41. The van der Waals surface area contributed by atoms with E-state index in [2.05, 4.69) is 20.9 Å². The third-order valence-electron chi connectivity index (χ3n) is 3.16. The number of rotatable bonds is 2. The highest BCUT2D eigenvalue weighted by Crippen LogP contribution is 2.29. The Kier molecular flexibility index (Phi) is 4.22. The first kappa shape index (κ1) is 15.8. The molecule has 0 bridgehead atoms. The monoisotopic (exact) mass is 360 g/mol. The van der Waals surface area contributed by atoms with Gasteiger partial charge in [-0.15, -0.1) is 0 Å². The summed E-state index contributed by atoms with van der Waals surface area (Å²) in [4.78, 5) is 15.8. The zero-order valence-electron chi connectivity index (χ0n) is 11.3. The number of benzene rings is 1. The Balaban J connectivity index is 2.36. The van der Waals surface area contributed by atoms with E-state index in [-0.39, 0.29) is 6.54 Å². The fourth-order valence-electron chi connectivity index (χ4n) is 1.94. The second-order valence-electron chi connectivity index (χ2n) is 4.66. The molecule has 21 heavy (non-hydrogen) atoms. The molecule has 0 saturated heterocycles. The second-order valence-corrected chi connectivity index (χ2v) is 5.45. The summed E-state index contributed by atoms with van der Waals surface area (Å²) in [5.74, 6) is 0. The maximum atomic E-state index is 12.5. The van der Waals surface area contributed by atoms with Crippen LogP contribution in [-0.4, -0.2) is 9.55 Å². The van der Waals surface area contributed by atoms with Gasteiger partial charge in [0.05, 0.1) is 22.3 Å². The van der Waals surface area contributed by atoms with Crippen LogP contribution in [0.25, 0.3) is 0 Å². The second kappa shape index (κ2) is 5.63. The largest absolute Gasteiger partial charge is 0.416 e. The predicted octanol–water partition coefficient (Wildman–Crippen LogP) is 3.69. The summed E-state index contributed by atoms with van der Waals surface area (Å²) < 4.78 is 39.6. The molecule has 0 N–H and O–H groups in total. The van der Waals surface area contributed by atoms with Gasteiger partial charge in [-0.25, -0.2) is 4.79 Å². The van der Waals surface area contributed by atoms with Crippen LogP contribution in [0.5, 0.6) is 0 Å². The van der Waals surface area contributed by atoms with Crippen molar-refractivity contribution in [3.8, 4) is 0 Å². The van der Waals surface area contributed by atoms with Crippen LogP contribution < -0.4 is 5.69 Å². The van der Waals surface area contributed by atoms with Gasteiger partial charge >= 0.3 is 11.9 Å². The highest BCUT2D eigenvalue weighted by molar-refractivity contribution is 9.10. The molecule has 0 fully saturated rings. The number of aryl methyl sites for hydroxylation is 1. The fourth-order valence-corrected chi connectivity index (χ4v) is 2.25. The number of hydrogen-bond donors (Lipinski definition) is 0. The molecule has 1 aromatic carbocycles. The molecule has 7 heteroatoms. The molecule has 2 rings (SSSR count). The molecule has 0 spiro atoms. The number of hydrogen-bond acceptors (Lipinski definition) is 2. The van der Waals surface area contributed by atoms with Crippen LogP contribution >= 0.6 is 15.9 Å². The van der Waals surface area contributed by atoms with E-state index >= 15 is 0 Å². The molecule has 0 radical (unpaired) electrons. The molecular weight excluding hydrogens is 349 g/mol. The molecule has 0 aliphatic rings. The quantitative estimate of drug-likeness (QED) is 0.818. The number of aromatic nitrogens is 2. The Labute approximate surface area is 127 Å². The van der Waals surface area contributed by atoms with Crippen molar-refractivity contribution in [3.05, 3.63) is 61.7 Å². The zero-order valence-corrected chi connectivity index (χ0v) is 12.9. The van der Waals surface area contributed by atoms with Crippen molar-refractivity contribution in [2.75, 3.05) is 0 Å². The lowest BCUT2D eigenvalue weighted by molar-refractivity contribution is -0.137. The van der Waals surface area contributed by atoms with Crippen molar-refractivity contribution in [1.29, 1.82) is 0 Å². The Morgan fingerprint density at radius 2 is 1.76 bits per heavy atom. The van der Waals surface area contributed by atoms with Gasteiger partial charge in [0.2, 0.25) is 0 Å². The first-order valence-electron chi connectivity index (χ1n) is 6.10. The summed E-state index contributed by atoms with van der Waals surface area (Å²) in [6.45, 7) is 3.64. The lowest BCUT2D eigenvalue weighted by Crippen LogP contribution is -2.26. The van der Waals surface area contributed by atoms with E-state index in [9.17, 15) is 18.0 Å². The number of alkyl halides is 3. The van der Waals surface area contributed by atoms with Gasteiger partial charge in [-0.3, -0.25) is 4.57 Å². The van der Waals surface area contributed by atoms with Gasteiger partial charge in [-0.05, 0) is 47.5 Å². The van der Waals surface area contributed by atoms with Gasteiger partial charge in [0.15, 0.2) is 0 Å². The molecule has 0 aliphatic carbocycles. The van der Waals surface area contributed by atoms with E-state index in [1.807, 2.05) is 0 Å². The third-order valence-corrected chi connectivity index (χ3v) is 4.30. The van der Waals surface area contributed by atoms with Crippen LogP contribution in [0.4, 0.5) is 13.2 Å². The molecule has 1 aromatic heterocycles. The number of halogens is 4. The minimum Gasteiger partial charge on any atom is -0.291 e. The minimum absolute atomic E-state index is 0.175. The van der Waals surface area contributed by atoms with Crippen LogP contribution in [0.3, 0.4) is 0 Å². The normalized spacial score (nSPS) is 11.7. The molecule has 112 valence electrons. The maximum absolute atomic E-state index is 12.5. The molecule has 0 aliphatic heterocycles. The smallest absolute Gasteiger partial charge is 0.291 e. The van der Waals surface area contributed by atoms with Crippen molar-refractivity contribution in [1.82, 2.24) is 9.55 Å². The Hall–Kier alpha value is -1.63. The molecular formula is C14H12BrF3N2O. The summed E-state index contributed by atoms with van der Waals surface area (Å²) in [6.07, 6.45) is -4.36. The molecule has 3 nitrogen and oxygen atoms in total. The van der Waals surface area contributed by atoms with Gasteiger partial charge in [-0.1, -0.05) is 12.1 Å². The highest BCUT2D eigenvalue weighted by Gasteiger charge is 2.29. The van der Waals surface area contributed by atoms with Crippen LogP contribution in [0.15, 0.2) is 33.5 Å². The molecule has 0 unspecified atom stereocenters. The topological polar surface area (TPSA) is 34.9 Å². The molecule has 0 amide bonds. The highest BCUT2D eigenvalue weighted by atomic mass is 79.9. The minimum atomic E-state index is -4.36. The summed E-state index contributed by atoms with van der Waals surface area (Å²) in [6, 6.07) is 4.74. The van der Waals surface area contributed by atoms with Crippen LogP contribution in [-0.2, 0) is 12.7 Å². The van der Waals surface area contributed by atoms with Crippen molar-refractivity contribution in [2.45, 2.75) is 26.6 Å². The van der Waals surface area contributed by atoms with E-state index in [4.69, 9.17) is 0 Å². The summed E-state index contributed by atoms with van der Waals surface area (Å²) >= 11 is 3.34. The summed E-state index contributed by atoms with van der Waals surface area (Å²) in [5.41, 5.74) is 0.742. The van der Waals surface area contributed by atoms with Gasteiger partial charge in [0.1, 0.15) is 0 Å². The van der Waals surface area contributed by atoms with E-state index in [0.29, 0.717) is 21.4 Å². The molecule has 0 atom stereocenters. The van der Waals surface area contributed by atoms with Crippen molar-refractivity contribution < 1.29 is 13.2 Å². The van der Waals surface area contributed by atoms with Gasteiger partial charge in [0, 0.05) is 5.69 Å². The van der Waals surface area contributed by atoms with Crippen molar-refractivity contribution in [3.63, 3.8) is 0 Å². The lowest BCUT2D eigenvalue weighted by atomic mass is 10.1. The van der Waals surface area contributed by atoms with E-state index in [1.165, 1.54) is 16.7 Å². The van der Waals surface area contributed by atoms with E-state index in [0.717, 1.165) is 12.1 Å². The lowest BCUT2D eigenvalue weighted by Gasteiger charge is -2.13.